The second kappa shape index (κ2) is 9.93. The lowest BCUT2D eigenvalue weighted by Gasteiger charge is -2.13. The molecule has 156 valence electrons. The number of rotatable bonds is 8. The van der Waals surface area contributed by atoms with Crippen LogP contribution in [0, 0.1) is 0 Å². The maximum Gasteiger partial charge on any atom is 0.250 e. The fraction of sp³-hybridized carbons (Fsp3) is 0.227. The van der Waals surface area contributed by atoms with Gasteiger partial charge in [0.2, 0.25) is 5.95 Å². The largest absolute Gasteiger partial charge is 0.493 e. The van der Waals surface area contributed by atoms with Gasteiger partial charge < -0.3 is 9.47 Å². The van der Waals surface area contributed by atoms with Crippen LogP contribution in [0.3, 0.4) is 0 Å². The molecule has 0 spiro atoms. The fourth-order valence-electron chi connectivity index (χ4n) is 2.69. The highest BCUT2D eigenvalue weighted by Crippen LogP contribution is 2.29. The van der Waals surface area contributed by atoms with Crippen LogP contribution in [0.5, 0.6) is 11.5 Å². The van der Waals surface area contributed by atoms with E-state index in [1.807, 2.05) is 50.2 Å². The van der Waals surface area contributed by atoms with Crippen molar-refractivity contribution in [1.82, 2.24) is 14.8 Å². The predicted octanol–water partition coefficient (Wildman–Crippen LogP) is 4.43. The normalized spacial score (nSPS) is 11.1. The van der Waals surface area contributed by atoms with Crippen LogP contribution in [0.15, 0.2) is 54.9 Å². The average Bonchev–Trinajstić information content (AvgIpc) is 3.15. The highest BCUT2D eigenvalue weighted by atomic mass is 35.5. The number of amides is 1. The molecular weight excluding hydrogens is 404 g/mol. The van der Waals surface area contributed by atoms with E-state index in [1.165, 1.54) is 6.08 Å². The lowest BCUT2D eigenvalue weighted by atomic mass is 10.2. The average molecular weight is 427 g/mol. The third kappa shape index (κ3) is 5.84. The Labute approximate surface area is 180 Å². The lowest BCUT2D eigenvalue weighted by molar-refractivity contribution is -0.111. The monoisotopic (exact) mass is 426 g/mol. The van der Waals surface area contributed by atoms with Crippen LogP contribution in [0.4, 0.5) is 5.95 Å². The zero-order valence-electron chi connectivity index (χ0n) is 17.0. The van der Waals surface area contributed by atoms with Crippen LogP contribution >= 0.6 is 11.6 Å². The Morgan fingerprint density at radius 1 is 1.23 bits per heavy atom. The summed E-state index contributed by atoms with van der Waals surface area (Å²) >= 11 is 6.16. The van der Waals surface area contributed by atoms with Crippen molar-refractivity contribution in [2.24, 2.45) is 0 Å². The van der Waals surface area contributed by atoms with E-state index in [4.69, 9.17) is 21.1 Å². The number of hydrogen-bond donors (Lipinski definition) is 1. The number of nitrogens with one attached hydrogen (secondary N) is 1. The van der Waals surface area contributed by atoms with Crippen molar-refractivity contribution in [3.63, 3.8) is 0 Å². The van der Waals surface area contributed by atoms with Gasteiger partial charge in [-0.3, -0.25) is 10.1 Å². The SMILES string of the molecule is COc1cc(C=CC(=O)Nc2ncn(Cc3ccccc3Cl)n2)ccc1OC(C)C. The van der Waals surface area contributed by atoms with Gasteiger partial charge in [0.05, 0.1) is 19.8 Å². The van der Waals surface area contributed by atoms with Gasteiger partial charge in [-0.2, -0.15) is 0 Å². The summed E-state index contributed by atoms with van der Waals surface area (Å²) in [6.07, 6.45) is 4.67. The Morgan fingerprint density at radius 3 is 2.77 bits per heavy atom. The zero-order valence-corrected chi connectivity index (χ0v) is 17.8. The molecule has 0 aliphatic carbocycles. The van der Waals surface area contributed by atoms with Crippen molar-refractivity contribution in [3.05, 3.63) is 71.0 Å². The molecular formula is C22H23ClN4O3. The van der Waals surface area contributed by atoms with Crippen molar-refractivity contribution in [1.29, 1.82) is 0 Å². The first-order valence-electron chi connectivity index (χ1n) is 9.41. The van der Waals surface area contributed by atoms with E-state index >= 15 is 0 Å². The smallest absolute Gasteiger partial charge is 0.250 e. The fourth-order valence-corrected chi connectivity index (χ4v) is 2.89. The summed E-state index contributed by atoms with van der Waals surface area (Å²) < 4.78 is 12.7. The van der Waals surface area contributed by atoms with Crippen molar-refractivity contribution in [2.75, 3.05) is 12.4 Å². The second-order valence-corrected chi connectivity index (χ2v) is 7.16. The number of methoxy groups -OCH3 is 1. The number of ether oxygens (including phenoxy) is 2. The maximum atomic E-state index is 12.2. The number of anilines is 1. The Kier molecular flexibility index (Phi) is 7.08. The second-order valence-electron chi connectivity index (χ2n) is 6.76. The first kappa shape index (κ1) is 21.4. The van der Waals surface area contributed by atoms with Gasteiger partial charge in [-0.25, -0.2) is 9.67 Å². The molecule has 0 saturated carbocycles. The molecule has 8 heteroatoms. The Balaban J connectivity index is 1.61. The van der Waals surface area contributed by atoms with Gasteiger partial charge in [0.1, 0.15) is 6.33 Å². The van der Waals surface area contributed by atoms with Crippen LogP contribution in [-0.2, 0) is 11.3 Å². The minimum Gasteiger partial charge on any atom is -0.493 e. The molecule has 0 bridgehead atoms. The molecule has 0 unspecified atom stereocenters. The van der Waals surface area contributed by atoms with Crippen LogP contribution in [0.1, 0.15) is 25.0 Å². The molecule has 1 N–H and O–H groups in total. The topological polar surface area (TPSA) is 78.3 Å². The molecule has 3 aromatic rings. The van der Waals surface area contributed by atoms with Crippen molar-refractivity contribution < 1.29 is 14.3 Å². The summed E-state index contributed by atoms with van der Waals surface area (Å²) in [5.74, 6) is 1.13. The Hall–Kier alpha value is -3.32. The van der Waals surface area contributed by atoms with Crippen LogP contribution in [-0.4, -0.2) is 33.9 Å². The van der Waals surface area contributed by atoms with E-state index in [0.717, 1.165) is 11.1 Å². The minimum absolute atomic E-state index is 0.0382. The highest BCUT2D eigenvalue weighted by Gasteiger charge is 2.08. The maximum absolute atomic E-state index is 12.2. The highest BCUT2D eigenvalue weighted by molar-refractivity contribution is 6.31. The van der Waals surface area contributed by atoms with Gasteiger partial charge >= 0.3 is 0 Å². The van der Waals surface area contributed by atoms with Gasteiger partial charge in [-0.15, -0.1) is 5.10 Å². The van der Waals surface area contributed by atoms with Crippen molar-refractivity contribution >= 4 is 29.5 Å². The quantitative estimate of drug-likeness (QED) is 0.539. The summed E-state index contributed by atoms with van der Waals surface area (Å²) in [5, 5.41) is 7.55. The molecule has 2 aromatic carbocycles. The standard InChI is InChI=1S/C22H23ClN4O3/c1-15(2)30-19-10-8-16(12-20(19)29-3)9-11-21(28)25-22-24-14-27(26-22)13-17-6-4-5-7-18(17)23/h4-12,14-15H,13H2,1-3H3,(H,25,26,28). The van der Waals surface area contributed by atoms with E-state index in [9.17, 15) is 4.79 Å². The first-order chi connectivity index (χ1) is 14.4. The number of halogens is 1. The number of aromatic nitrogens is 3. The third-order valence-electron chi connectivity index (χ3n) is 4.04. The van der Waals surface area contributed by atoms with E-state index in [0.29, 0.717) is 23.1 Å². The molecule has 0 aliphatic heterocycles. The minimum atomic E-state index is -0.341. The van der Waals surface area contributed by atoms with E-state index in [1.54, 1.807) is 30.3 Å². The summed E-state index contributed by atoms with van der Waals surface area (Å²) in [7, 11) is 1.58. The molecule has 30 heavy (non-hydrogen) atoms. The molecule has 0 atom stereocenters. The van der Waals surface area contributed by atoms with E-state index in [-0.39, 0.29) is 18.0 Å². The van der Waals surface area contributed by atoms with Crippen LogP contribution in [0.2, 0.25) is 5.02 Å². The van der Waals surface area contributed by atoms with E-state index in [2.05, 4.69) is 15.4 Å². The van der Waals surface area contributed by atoms with Gasteiger partial charge in [0.15, 0.2) is 11.5 Å². The Bertz CT molecular complexity index is 1050. The number of carbonyl (C=O) groups is 1. The molecule has 0 fully saturated rings. The van der Waals surface area contributed by atoms with Gasteiger partial charge in [-0.05, 0) is 49.2 Å². The van der Waals surface area contributed by atoms with Gasteiger partial charge in [0, 0.05) is 11.1 Å². The number of benzene rings is 2. The van der Waals surface area contributed by atoms with Gasteiger partial charge in [-0.1, -0.05) is 35.9 Å². The van der Waals surface area contributed by atoms with Crippen molar-refractivity contribution in [3.8, 4) is 11.5 Å². The number of hydrogen-bond acceptors (Lipinski definition) is 5. The molecule has 3 rings (SSSR count). The molecule has 1 aromatic heterocycles. The van der Waals surface area contributed by atoms with Crippen molar-refractivity contribution in [2.45, 2.75) is 26.5 Å². The van der Waals surface area contributed by atoms with Gasteiger partial charge in [0.25, 0.3) is 5.91 Å². The zero-order chi connectivity index (χ0) is 21.5. The first-order valence-corrected chi connectivity index (χ1v) is 9.79. The molecule has 1 amide bonds. The number of carbonyl (C=O) groups excluding carboxylic acids is 1. The number of nitrogens with zero attached hydrogens (tertiary/aromatic N) is 3. The summed E-state index contributed by atoms with van der Waals surface area (Å²) in [4.78, 5) is 16.3. The van der Waals surface area contributed by atoms with Crippen LogP contribution in [0.25, 0.3) is 6.08 Å². The Morgan fingerprint density at radius 2 is 2.03 bits per heavy atom. The lowest BCUT2D eigenvalue weighted by Crippen LogP contribution is -2.10. The van der Waals surface area contributed by atoms with E-state index < -0.39 is 0 Å². The molecule has 1 heterocycles. The van der Waals surface area contributed by atoms with Crippen LogP contribution < -0.4 is 14.8 Å². The predicted molar refractivity (Wildman–Crippen MR) is 117 cm³/mol. The summed E-state index contributed by atoms with van der Waals surface area (Å²) in [5.41, 5.74) is 1.72. The summed E-state index contributed by atoms with van der Waals surface area (Å²) in [6, 6.07) is 13.0. The summed E-state index contributed by atoms with van der Waals surface area (Å²) in [6.45, 7) is 4.35. The molecule has 0 radical (unpaired) electrons. The third-order valence-corrected chi connectivity index (χ3v) is 4.41. The molecule has 7 nitrogen and oxygen atoms in total. The molecule has 0 aliphatic rings. The molecule has 0 saturated heterocycles.